The highest BCUT2D eigenvalue weighted by molar-refractivity contribution is 5.92. The standard InChI is InChI=1S/C21H18F3N3O/c1-14-5-4-6-15(11-14)12-20(28)26-16-9-10-19(25-13-16)27-18-8-3-2-7-17(18)21(22,23)24/h2-11,13H,12H2,1H3,(H,25,27)(H,26,28). The van der Waals surface area contributed by atoms with Gasteiger partial charge in [-0.2, -0.15) is 13.2 Å². The van der Waals surface area contributed by atoms with Crippen molar-refractivity contribution in [1.82, 2.24) is 4.98 Å². The number of rotatable bonds is 5. The summed E-state index contributed by atoms with van der Waals surface area (Å²) in [5.74, 6) is 0.0453. The van der Waals surface area contributed by atoms with Gasteiger partial charge in [0.15, 0.2) is 0 Å². The second-order valence-corrected chi connectivity index (χ2v) is 6.31. The maximum atomic E-state index is 13.1. The fraction of sp³-hybridized carbons (Fsp3) is 0.143. The molecule has 0 saturated carbocycles. The van der Waals surface area contributed by atoms with Crippen molar-refractivity contribution in [3.63, 3.8) is 0 Å². The van der Waals surface area contributed by atoms with Crippen LogP contribution in [0.2, 0.25) is 0 Å². The zero-order valence-electron chi connectivity index (χ0n) is 15.0. The molecule has 3 aromatic rings. The molecule has 0 saturated heterocycles. The summed E-state index contributed by atoms with van der Waals surface area (Å²) >= 11 is 0. The van der Waals surface area contributed by atoms with Gasteiger partial charge in [-0.15, -0.1) is 0 Å². The first-order valence-corrected chi connectivity index (χ1v) is 8.56. The summed E-state index contributed by atoms with van der Waals surface area (Å²) in [6.45, 7) is 1.95. The van der Waals surface area contributed by atoms with Gasteiger partial charge in [0, 0.05) is 0 Å². The third kappa shape index (κ3) is 5.09. The van der Waals surface area contributed by atoms with Gasteiger partial charge < -0.3 is 10.6 Å². The van der Waals surface area contributed by atoms with E-state index in [1.807, 2.05) is 31.2 Å². The lowest BCUT2D eigenvalue weighted by Crippen LogP contribution is -2.14. The summed E-state index contributed by atoms with van der Waals surface area (Å²) in [7, 11) is 0. The number of carbonyl (C=O) groups is 1. The second-order valence-electron chi connectivity index (χ2n) is 6.31. The van der Waals surface area contributed by atoms with Crippen LogP contribution in [-0.2, 0) is 17.4 Å². The van der Waals surface area contributed by atoms with Crippen LogP contribution in [0, 0.1) is 6.92 Å². The van der Waals surface area contributed by atoms with Crippen LogP contribution in [-0.4, -0.2) is 10.9 Å². The molecule has 0 spiro atoms. The maximum Gasteiger partial charge on any atom is 0.418 e. The molecular formula is C21H18F3N3O. The number of nitrogens with zero attached hydrogens (tertiary/aromatic N) is 1. The van der Waals surface area contributed by atoms with Gasteiger partial charge in [-0.3, -0.25) is 4.79 Å². The molecule has 0 unspecified atom stereocenters. The number of aromatic nitrogens is 1. The quantitative estimate of drug-likeness (QED) is 0.624. The molecule has 28 heavy (non-hydrogen) atoms. The second kappa shape index (κ2) is 8.12. The van der Waals surface area contributed by atoms with E-state index in [0.717, 1.165) is 17.2 Å². The van der Waals surface area contributed by atoms with Gasteiger partial charge in [0.25, 0.3) is 0 Å². The molecule has 1 amide bonds. The Balaban J connectivity index is 1.65. The van der Waals surface area contributed by atoms with E-state index >= 15 is 0 Å². The first-order chi connectivity index (χ1) is 13.3. The Hall–Kier alpha value is -3.35. The van der Waals surface area contributed by atoms with Gasteiger partial charge in [0.2, 0.25) is 5.91 Å². The highest BCUT2D eigenvalue weighted by atomic mass is 19.4. The van der Waals surface area contributed by atoms with Crippen LogP contribution in [0.5, 0.6) is 0 Å². The van der Waals surface area contributed by atoms with E-state index in [0.29, 0.717) is 5.69 Å². The average molecular weight is 385 g/mol. The minimum absolute atomic E-state index is 0.0845. The molecule has 1 heterocycles. The van der Waals surface area contributed by atoms with Crippen molar-refractivity contribution in [2.45, 2.75) is 19.5 Å². The summed E-state index contributed by atoms with van der Waals surface area (Å²) in [5.41, 5.74) is 1.58. The molecule has 144 valence electrons. The minimum atomic E-state index is -4.46. The number of anilines is 3. The fourth-order valence-corrected chi connectivity index (χ4v) is 2.73. The molecule has 0 radical (unpaired) electrons. The van der Waals surface area contributed by atoms with Crippen LogP contribution < -0.4 is 10.6 Å². The largest absolute Gasteiger partial charge is 0.418 e. The van der Waals surface area contributed by atoms with Crippen LogP contribution in [0.15, 0.2) is 66.9 Å². The smallest absolute Gasteiger partial charge is 0.340 e. The Morgan fingerprint density at radius 2 is 1.82 bits per heavy atom. The monoisotopic (exact) mass is 385 g/mol. The van der Waals surface area contributed by atoms with E-state index in [4.69, 9.17) is 0 Å². The number of carbonyl (C=O) groups excluding carboxylic acids is 1. The lowest BCUT2D eigenvalue weighted by molar-refractivity contribution is -0.136. The van der Waals surface area contributed by atoms with E-state index in [2.05, 4.69) is 15.6 Å². The van der Waals surface area contributed by atoms with E-state index in [1.165, 1.54) is 30.5 Å². The van der Waals surface area contributed by atoms with Gasteiger partial charge >= 0.3 is 6.18 Å². The predicted octanol–water partition coefficient (Wildman–Crippen LogP) is 5.33. The fourth-order valence-electron chi connectivity index (χ4n) is 2.73. The highest BCUT2D eigenvalue weighted by Gasteiger charge is 2.33. The van der Waals surface area contributed by atoms with Crippen molar-refractivity contribution in [3.8, 4) is 0 Å². The summed E-state index contributed by atoms with van der Waals surface area (Å²) in [6, 6.07) is 15.9. The van der Waals surface area contributed by atoms with Crippen LogP contribution in [0.3, 0.4) is 0 Å². The first kappa shape index (κ1) is 19.4. The van der Waals surface area contributed by atoms with E-state index < -0.39 is 11.7 Å². The third-order valence-corrected chi connectivity index (χ3v) is 3.99. The molecular weight excluding hydrogens is 367 g/mol. The van der Waals surface area contributed by atoms with Gasteiger partial charge in [0.1, 0.15) is 5.82 Å². The first-order valence-electron chi connectivity index (χ1n) is 8.56. The van der Waals surface area contributed by atoms with Crippen molar-refractivity contribution >= 4 is 23.1 Å². The Morgan fingerprint density at radius 3 is 2.50 bits per heavy atom. The maximum absolute atomic E-state index is 13.1. The third-order valence-electron chi connectivity index (χ3n) is 3.99. The number of benzene rings is 2. The Morgan fingerprint density at radius 1 is 1.04 bits per heavy atom. The number of aryl methyl sites for hydroxylation is 1. The highest BCUT2D eigenvalue weighted by Crippen LogP contribution is 2.35. The summed E-state index contributed by atoms with van der Waals surface area (Å²) < 4.78 is 39.2. The van der Waals surface area contributed by atoms with Crippen LogP contribution in [0.1, 0.15) is 16.7 Å². The van der Waals surface area contributed by atoms with Crippen molar-refractivity contribution < 1.29 is 18.0 Å². The number of alkyl halides is 3. The van der Waals surface area contributed by atoms with Crippen molar-refractivity contribution in [3.05, 3.63) is 83.6 Å². The number of pyridine rings is 1. The van der Waals surface area contributed by atoms with Gasteiger partial charge in [-0.05, 0) is 36.8 Å². The SMILES string of the molecule is Cc1cccc(CC(=O)Nc2ccc(Nc3ccccc3C(F)(F)F)nc2)c1. The predicted molar refractivity (Wildman–Crippen MR) is 102 cm³/mol. The molecule has 3 rings (SSSR count). The van der Waals surface area contributed by atoms with Gasteiger partial charge in [0.05, 0.1) is 29.6 Å². The Bertz CT molecular complexity index is 969. The van der Waals surface area contributed by atoms with E-state index in [1.54, 1.807) is 6.07 Å². The van der Waals surface area contributed by atoms with Crippen molar-refractivity contribution in [2.24, 2.45) is 0 Å². The number of amides is 1. The molecule has 0 bridgehead atoms. The number of para-hydroxylation sites is 1. The number of hydrogen-bond donors (Lipinski definition) is 2. The normalized spacial score (nSPS) is 11.1. The zero-order valence-corrected chi connectivity index (χ0v) is 15.0. The number of hydrogen-bond acceptors (Lipinski definition) is 3. The molecule has 2 aromatic carbocycles. The number of nitrogens with one attached hydrogen (secondary N) is 2. The van der Waals surface area contributed by atoms with Gasteiger partial charge in [-0.1, -0.05) is 42.0 Å². The summed E-state index contributed by atoms with van der Waals surface area (Å²) in [6.07, 6.45) is -2.85. The molecule has 0 aliphatic rings. The molecule has 0 atom stereocenters. The van der Waals surface area contributed by atoms with Gasteiger partial charge in [-0.25, -0.2) is 4.98 Å². The van der Waals surface area contributed by atoms with E-state index in [9.17, 15) is 18.0 Å². The lowest BCUT2D eigenvalue weighted by atomic mass is 10.1. The lowest BCUT2D eigenvalue weighted by Gasteiger charge is -2.14. The van der Waals surface area contributed by atoms with E-state index in [-0.39, 0.29) is 23.8 Å². The van der Waals surface area contributed by atoms with Crippen molar-refractivity contribution in [1.29, 1.82) is 0 Å². The molecule has 0 aliphatic carbocycles. The van der Waals surface area contributed by atoms with Crippen LogP contribution >= 0.6 is 0 Å². The summed E-state index contributed by atoms with van der Waals surface area (Å²) in [5, 5.41) is 5.39. The van der Waals surface area contributed by atoms with Crippen LogP contribution in [0.25, 0.3) is 0 Å². The average Bonchev–Trinajstić information content (AvgIpc) is 2.63. The molecule has 2 N–H and O–H groups in total. The minimum Gasteiger partial charge on any atom is -0.340 e. The molecule has 1 aromatic heterocycles. The molecule has 0 fully saturated rings. The van der Waals surface area contributed by atoms with Crippen molar-refractivity contribution in [2.75, 3.05) is 10.6 Å². The Kier molecular flexibility index (Phi) is 5.63. The summed E-state index contributed by atoms with van der Waals surface area (Å²) in [4.78, 5) is 16.2. The Labute approximate surface area is 160 Å². The molecule has 7 heteroatoms. The molecule has 0 aliphatic heterocycles. The van der Waals surface area contributed by atoms with Crippen LogP contribution in [0.4, 0.5) is 30.4 Å². The molecule has 4 nitrogen and oxygen atoms in total. The topological polar surface area (TPSA) is 54.0 Å². The zero-order chi connectivity index (χ0) is 20.1. The number of halogens is 3.